The predicted octanol–water partition coefficient (Wildman–Crippen LogP) is -2.63. The number of aromatic nitrogens is 1. The number of thiol groups is 2. The van der Waals surface area contributed by atoms with Crippen LogP contribution in [-0.4, -0.2) is 172 Å². The summed E-state index contributed by atoms with van der Waals surface area (Å²) in [6, 6.07) is 4.97. The molecule has 27 heteroatoms. The fourth-order valence-corrected chi connectivity index (χ4v) is 8.79. The minimum Gasteiger partial charge on any atom is -0.391 e. The summed E-state index contributed by atoms with van der Waals surface area (Å²) < 4.78 is 0. The van der Waals surface area contributed by atoms with Crippen LogP contribution in [0.2, 0.25) is 0 Å². The van der Waals surface area contributed by atoms with Crippen LogP contribution >= 0.6 is 25.3 Å². The van der Waals surface area contributed by atoms with E-state index in [0.717, 1.165) is 6.42 Å². The fraction of sp³-hybridized carbons (Fsp3) is 0.547. The van der Waals surface area contributed by atoms with Crippen molar-refractivity contribution in [2.45, 2.75) is 153 Å². The summed E-state index contributed by atoms with van der Waals surface area (Å²) in [5.41, 5.74) is 13.0. The van der Waals surface area contributed by atoms with Crippen molar-refractivity contribution in [2.24, 2.45) is 11.5 Å². The lowest BCUT2D eigenvalue weighted by molar-refractivity contribution is -0.137. The second kappa shape index (κ2) is 35.1. The normalized spacial score (nSPS) is 15.0. The molecule has 0 aliphatic heterocycles. The monoisotopic (exact) mass is 1160 g/mol. The molecule has 10 amide bonds. The molecule has 0 spiro atoms. The van der Waals surface area contributed by atoms with Gasteiger partial charge in [-0.2, -0.15) is 25.3 Å². The summed E-state index contributed by atoms with van der Waals surface area (Å²) in [4.78, 5) is 138. The third-order valence-corrected chi connectivity index (χ3v) is 13.3. The Hall–Kier alpha value is -6.78. The number of nitrogens with one attached hydrogen (secondary N) is 11. The highest BCUT2D eigenvalue weighted by Crippen LogP contribution is 2.20. The molecule has 2 aromatic carbocycles. The Morgan fingerprint density at radius 2 is 1.06 bits per heavy atom. The molecule has 0 saturated heterocycles. The number of aliphatic hydroxyl groups excluding tert-OH is 2. The Labute approximate surface area is 476 Å². The summed E-state index contributed by atoms with van der Waals surface area (Å²) >= 11 is 8.41. The minimum atomic E-state index is -1.72. The molecule has 3 rings (SSSR count). The number of carbonyl (C=O) groups is 10. The van der Waals surface area contributed by atoms with E-state index in [2.05, 4.69) is 83.4 Å². The topological polar surface area (TPSA) is 399 Å². The van der Waals surface area contributed by atoms with Gasteiger partial charge in [-0.15, -0.1) is 0 Å². The van der Waals surface area contributed by atoms with Gasteiger partial charge in [-0.25, -0.2) is 0 Å². The summed E-state index contributed by atoms with van der Waals surface area (Å²) in [5, 5.41) is 47.5. The van der Waals surface area contributed by atoms with Gasteiger partial charge in [-0.1, -0.05) is 62.4 Å². The van der Waals surface area contributed by atoms with E-state index in [1.807, 2.05) is 19.9 Å². The van der Waals surface area contributed by atoms with Crippen molar-refractivity contribution < 1.29 is 58.2 Å². The van der Waals surface area contributed by atoms with Crippen LogP contribution in [0.5, 0.6) is 0 Å². The molecule has 25 nitrogen and oxygen atoms in total. The molecular weight excluding hydrogens is 1070 g/mol. The van der Waals surface area contributed by atoms with Crippen molar-refractivity contribution in [2.75, 3.05) is 31.1 Å². The van der Waals surface area contributed by atoms with E-state index in [0.29, 0.717) is 54.3 Å². The van der Waals surface area contributed by atoms with Crippen LogP contribution in [0.15, 0.2) is 60.8 Å². The Balaban J connectivity index is 1.90. The molecule has 80 heavy (non-hydrogen) atoms. The highest BCUT2D eigenvalue weighted by atomic mass is 32.1. The standard InChI is InChI=1S/C53H81N13O12S2/c1-29(2)56-22-14-12-20-37(59-32(5)69)47(72)58-26-43(70)60-41(27-79)51(76)62-39(23-33-15-7-6-8-16-33)49(74)63-40(24-34-25-57-36-18-10-9-17-35(34)36)50(75)61-38(19-11-13-21-54)48(73)66-45(31(4)68)53(78)64-42(28-80)52(77)65-44(30(3)67)46(55)71/h6-10,15-18,25,29-31,37-42,44-45,56-57,67-68,79-80H,11-14,19-24,26-28,54H2,1-5H3,(H2,55,71)(H,58,72)(H,59,69)(H,60,70)(H,61,75)(H,62,76)(H,63,74)(H,64,78)(H,65,77)(H,66,73)/t30-,31-,37-,38+,39+,40-,41+,42+,44+,45+/m1/s1. The summed E-state index contributed by atoms with van der Waals surface area (Å²) in [7, 11) is 0. The van der Waals surface area contributed by atoms with Gasteiger partial charge >= 0.3 is 0 Å². The number of primary amides is 1. The van der Waals surface area contributed by atoms with Gasteiger partial charge in [0.2, 0.25) is 59.1 Å². The quantitative estimate of drug-likeness (QED) is 0.0209. The smallest absolute Gasteiger partial charge is 0.245 e. The number of hydrogen-bond donors (Lipinski definition) is 17. The van der Waals surface area contributed by atoms with E-state index < -0.39 is 126 Å². The number of rotatable bonds is 36. The number of benzene rings is 2. The average Bonchev–Trinajstić information content (AvgIpc) is 3.82. The number of aliphatic hydroxyl groups is 2. The number of unbranched alkanes of at least 4 members (excludes halogenated alkanes) is 2. The number of carbonyl (C=O) groups excluding carboxylic acids is 10. The fourth-order valence-electron chi connectivity index (χ4n) is 8.27. The molecular formula is C53H81N13O12S2. The first-order chi connectivity index (χ1) is 38.0. The summed E-state index contributed by atoms with van der Waals surface area (Å²) in [6.45, 7) is 8.10. The lowest BCUT2D eigenvalue weighted by Gasteiger charge is -2.28. The zero-order valence-corrected chi connectivity index (χ0v) is 47.6. The van der Waals surface area contributed by atoms with Gasteiger partial charge in [-0.05, 0) is 82.7 Å². The third-order valence-electron chi connectivity index (χ3n) is 12.6. The number of aromatic amines is 1. The predicted molar refractivity (Wildman–Crippen MR) is 306 cm³/mol. The van der Waals surface area contributed by atoms with Gasteiger partial charge in [0.05, 0.1) is 18.8 Å². The Kier molecular flexibility index (Phi) is 29.6. The lowest BCUT2D eigenvalue weighted by Crippen LogP contribution is -2.62. The molecule has 1 aromatic heterocycles. The van der Waals surface area contributed by atoms with Crippen LogP contribution in [0.1, 0.15) is 84.3 Å². The van der Waals surface area contributed by atoms with Crippen molar-refractivity contribution in [1.29, 1.82) is 0 Å². The zero-order valence-electron chi connectivity index (χ0n) is 45.8. The Morgan fingerprint density at radius 1 is 0.562 bits per heavy atom. The number of fused-ring (bicyclic) bond motifs is 1. The maximum absolute atomic E-state index is 14.7. The van der Waals surface area contributed by atoms with Gasteiger partial charge in [0, 0.05) is 54.4 Å². The second-order valence-electron chi connectivity index (χ2n) is 19.7. The van der Waals surface area contributed by atoms with E-state index in [9.17, 15) is 58.2 Å². The molecule has 0 bridgehead atoms. The number of amides is 10. The van der Waals surface area contributed by atoms with E-state index in [-0.39, 0.29) is 43.4 Å². The maximum atomic E-state index is 14.7. The molecule has 1 heterocycles. The van der Waals surface area contributed by atoms with Gasteiger partial charge in [-0.3, -0.25) is 47.9 Å². The Morgan fingerprint density at radius 3 is 1.64 bits per heavy atom. The van der Waals surface area contributed by atoms with Crippen LogP contribution in [0.4, 0.5) is 0 Å². The van der Waals surface area contributed by atoms with Crippen LogP contribution in [0.3, 0.4) is 0 Å². The zero-order chi connectivity index (χ0) is 59.5. The lowest BCUT2D eigenvalue weighted by atomic mass is 10.0. The molecule has 0 radical (unpaired) electrons. The maximum Gasteiger partial charge on any atom is 0.245 e. The molecule has 0 fully saturated rings. The van der Waals surface area contributed by atoms with E-state index in [1.165, 1.54) is 20.8 Å². The highest BCUT2D eigenvalue weighted by molar-refractivity contribution is 7.80. The summed E-state index contributed by atoms with van der Waals surface area (Å²) in [5.74, 6) is -8.88. The third kappa shape index (κ3) is 23.1. The van der Waals surface area contributed by atoms with Crippen molar-refractivity contribution in [3.8, 4) is 0 Å². The van der Waals surface area contributed by atoms with Crippen LogP contribution < -0.4 is 64.6 Å². The summed E-state index contributed by atoms with van der Waals surface area (Å²) in [6.07, 6.45) is 0.771. The molecule has 0 aliphatic carbocycles. The Bertz CT molecular complexity index is 2540. The minimum absolute atomic E-state index is 0.0359. The number of para-hydroxylation sites is 1. The van der Waals surface area contributed by atoms with Crippen molar-refractivity contribution in [3.63, 3.8) is 0 Å². The largest absolute Gasteiger partial charge is 0.391 e. The van der Waals surface area contributed by atoms with Crippen molar-refractivity contribution in [3.05, 3.63) is 71.9 Å². The van der Waals surface area contributed by atoms with E-state index in [1.54, 1.807) is 54.7 Å². The van der Waals surface area contributed by atoms with Gasteiger partial charge in [0.15, 0.2) is 0 Å². The number of H-pyrrole nitrogens is 1. The molecule has 442 valence electrons. The average molecular weight is 1160 g/mol. The molecule has 17 N–H and O–H groups in total. The molecule has 0 unspecified atom stereocenters. The number of hydrogen-bond acceptors (Lipinski definition) is 16. The van der Waals surface area contributed by atoms with Gasteiger partial charge in [0.1, 0.15) is 48.3 Å². The van der Waals surface area contributed by atoms with Crippen molar-refractivity contribution in [1.82, 2.24) is 58.2 Å². The molecule has 0 saturated carbocycles. The molecule has 0 aliphatic rings. The molecule has 10 atom stereocenters. The van der Waals surface area contributed by atoms with Crippen LogP contribution in [0, 0.1) is 0 Å². The highest BCUT2D eigenvalue weighted by Gasteiger charge is 2.36. The van der Waals surface area contributed by atoms with Crippen LogP contribution in [-0.2, 0) is 60.8 Å². The molecule has 3 aromatic rings. The second-order valence-corrected chi connectivity index (χ2v) is 20.4. The van der Waals surface area contributed by atoms with Gasteiger partial charge < -0.3 is 79.8 Å². The first-order valence-corrected chi connectivity index (χ1v) is 27.8. The van der Waals surface area contributed by atoms with E-state index >= 15 is 0 Å². The first kappa shape index (κ1) is 67.5. The first-order valence-electron chi connectivity index (χ1n) is 26.6. The van der Waals surface area contributed by atoms with Crippen LogP contribution in [0.25, 0.3) is 10.9 Å². The van der Waals surface area contributed by atoms with Gasteiger partial charge in [0.25, 0.3) is 0 Å². The number of nitrogens with two attached hydrogens (primary N) is 2. The van der Waals surface area contributed by atoms with Crippen molar-refractivity contribution >= 4 is 95.2 Å². The van der Waals surface area contributed by atoms with E-state index in [4.69, 9.17) is 11.5 Å². The SMILES string of the molecule is CC(=O)N[C@H](CCCCNC(C)C)C(=O)NCC(=O)N[C@@H](CS)C(=O)N[C@@H](Cc1ccccc1)C(=O)N[C@H](Cc1c[nH]c2ccccc12)C(=O)N[C@@H](CCCCN)C(=O)N[C@H](C(=O)N[C@@H](CS)C(=O)N[C@H](C(N)=O)[C@@H](C)O)[C@@H](C)O.